The summed E-state index contributed by atoms with van der Waals surface area (Å²) >= 11 is 0. The smallest absolute Gasteiger partial charge is 0.134 e. The number of hydrogen-bond acceptors (Lipinski definition) is 3. The molecule has 0 spiro atoms. The monoisotopic (exact) mass is 271 g/mol. The summed E-state index contributed by atoms with van der Waals surface area (Å²) in [5.74, 6) is 1.63. The molecular weight excluding hydrogens is 246 g/mol. The van der Waals surface area contributed by atoms with Crippen molar-refractivity contribution in [3.05, 3.63) is 35.9 Å². The van der Waals surface area contributed by atoms with Crippen molar-refractivity contribution in [3.8, 4) is 0 Å². The van der Waals surface area contributed by atoms with Gasteiger partial charge in [0.2, 0.25) is 0 Å². The maximum absolute atomic E-state index is 5.94. The molecule has 0 fully saturated rings. The molecule has 2 aromatic rings. The van der Waals surface area contributed by atoms with Crippen LogP contribution in [0.3, 0.4) is 0 Å². The normalized spacial score (nSPS) is 11.6. The van der Waals surface area contributed by atoms with E-state index in [0.29, 0.717) is 18.5 Å². The van der Waals surface area contributed by atoms with E-state index in [4.69, 9.17) is 10.7 Å². The van der Waals surface area contributed by atoms with Crippen molar-refractivity contribution in [2.45, 2.75) is 40.3 Å². The standard InChI is InChI=1S/C17H25N3/c1-12(2)11-20(13(3)4)17-15(10-18)9-14-7-5-6-8-16(14)19-17/h5-9,12-13H,10-11,18H2,1-4H3. The number of fused-ring (bicyclic) bond motifs is 1. The van der Waals surface area contributed by atoms with Crippen LogP contribution in [0, 0.1) is 5.92 Å². The van der Waals surface area contributed by atoms with E-state index in [2.05, 4.69) is 50.8 Å². The highest BCUT2D eigenvalue weighted by atomic mass is 15.2. The summed E-state index contributed by atoms with van der Waals surface area (Å²) in [6.45, 7) is 10.4. The summed E-state index contributed by atoms with van der Waals surface area (Å²) in [5.41, 5.74) is 8.10. The molecule has 1 heterocycles. The molecule has 0 atom stereocenters. The lowest BCUT2D eigenvalue weighted by atomic mass is 10.1. The first-order chi connectivity index (χ1) is 9.52. The third kappa shape index (κ3) is 3.10. The molecule has 2 rings (SSSR count). The predicted octanol–water partition coefficient (Wildman–Crippen LogP) is 3.56. The Morgan fingerprint density at radius 1 is 1.15 bits per heavy atom. The molecule has 108 valence electrons. The SMILES string of the molecule is CC(C)CN(c1nc2ccccc2cc1CN)C(C)C. The van der Waals surface area contributed by atoms with E-state index in [9.17, 15) is 0 Å². The molecule has 0 radical (unpaired) electrons. The molecule has 0 saturated heterocycles. The van der Waals surface area contributed by atoms with Gasteiger partial charge in [0.1, 0.15) is 5.82 Å². The van der Waals surface area contributed by atoms with Crippen LogP contribution in [-0.4, -0.2) is 17.6 Å². The van der Waals surface area contributed by atoms with Crippen LogP contribution in [0.2, 0.25) is 0 Å². The van der Waals surface area contributed by atoms with Gasteiger partial charge in [-0.2, -0.15) is 0 Å². The Balaban J connectivity index is 2.54. The van der Waals surface area contributed by atoms with Gasteiger partial charge in [0.15, 0.2) is 0 Å². The first kappa shape index (κ1) is 14.8. The van der Waals surface area contributed by atoms with Crippen LogP contribution >= 0.6 is 0 Å². The molecule has 0 unspecified atom stereocenters. The van der Waals surface area contributed by atoms with E-state index in [1.807, 2.05) is 12.1 Å². The summed E-state index contributed by atoms with van der Waals surface area (Å²) in [7, 11) is 0. The highest BCUT2D eigenvalue weighted by Crippen LogP contribution is 2.25. The van der Waals surface area contributed by atoms with Gasteiger partial charge < -0.3 is 10.6 Å². The minimum Gasteiger partial charge on any atom is -0.354 e. The second-order valence-corrected chi connectivity index (χ2v) is 6.01. The number of nitrogens with zero attached hydrogens (tertiary/aromatic N) is 2. The highest BCUT2D eigenvalue weighted by molar-refractivity contribution is 5.81. The number of para-hydroxylation sites is 1. The number of rotatable bonds is 5. The molecule has 3 nitrogen and oxygen atoms in total. The van der Waals surface area contributed by atoms with Crippen LogP contribution in [0.25, 0.3) is 10.9 Å². The summed E-state index contributed by atoms with van der Waals surface area (Å²) in [4.78, 5) is 7.23. The van der Waals surface area contributed by atoms with Gasteiger partial charge in [0, 0.05) is 30.1 Å². The lowest BCUT2D eigenvalue weighted by Gasteiger charge is -2.31. The zero-order valence-electron chi connectivity index (χ0n) is 12.9. The fraction of sp³-hybridized carbons (Fsp3) is 0.471. The number of aromatic nitrogens is 1. The average Bonchev–Trinajstić information content (AvgIpc) is 2.42. The topological polar surface area (TPSA) is 42.2 Å². The fourth-order valence-electron chi connectivity index (χ4n) is 2.48. The summed E-state index contributed by atoms with van der Waals surface area (Å²) in [6.07, 6.45) is 0. The van der Waals surface area contributed by atoms with Crippen LogP contribution in [-0.2, 0) is 6.54 Å². The van der Waals surface area contributed by atoms with Crippen molar-refractivity contribution in [2.75, 3.05) is 11.4 Å². The Hall–Kier alpha value is -1.61. The zero-order chi connectivity index (χ0) is 14.7. The highest BCUT2D eigenvalue weighted by Gasteiger charge is 2.17. The van der Waals surface area contributed by atoms with Crippen molar-refractivity contribution in [3.63, 3.8) is 0 Å². The second-order valence-electron chi connectivity index (χ2n) is 6.01. The molecule has 2 N–H and O–H groups in total. The molecule has 0 aliphatic heterocycles. The minimum atomic E-state index is 0.413. The van der Waals surface area contributed by atoms with Crippen molar-refractivity contribution in [1.29, 1.82) is 0 Å². The molecule has 1 aromatic carbocycles. The lowest BCUT2D eigenvalue weighted by molar-refractivity contribution is 0.565. The Kier molecular flexibility index (Phi) is 4.61. The number of nitrogens with two attached hydrogens (primary N) is 1. The second kappa shape index (κ2) is 6.23. The summed E-state index contributed by atoms with van der Waals surface area (Å²) in [6, 6.07) is 10.8. The van der Waals surface area contributed by atoms with Gasteiger partial charge in [-0.05, 0) is 31.9 Å². The molecule has 0 amide bonds. The van der Waals surface area contributed by atoms with E-state index in [0.717, 1.165) is 28.8 Å². The first-order valence-corrected chi connectivity index (χ1v) is 7.38. The molecule has 0 aliphatic carbocycles. The van der Waals surface area contributed by atoms with Gasteiger partial charge in [0.05, 0.1) is 5.52 Å². The van der Waals surface area contributed by atoms with Crippen LogP contribution in [0.4, 0.5) is 5.82 Å². The molecule has 0 saturated carbocycles. The van der Waals surface area contributed by atoms with Crippen molar-refractivity contribution < 1.29 is 0 Å². The quantitative estimate of drug-likeness (QED) is 0.904. The predicted molar refractivity (Wildman–Crippen MR) is 87.0 cm³/mol. The lowest BCUT2D eigenvalue weighted by Crippen LogP contribution is -2.35. The third-order valence-electron chi connectivity index (χ3n) is 3.46. The van der Waals surface area contributed by atoms with Gasteiger partial charge in [-0.15, -0.1) is 0 Å². The average molecular weight is 271 g/mol. The fourth-order valence-corrected chi connectivity index (χ4v) is 2.48. The van der Waals surface area contributed by atoms with E-state index in [1.54, 1.807) is 0 Å². The Morgan fingerprint density at radius 2 is 1.85 bits per heavy atom. The number of anilines is 1. The number of benzene rings is 1. The van der Waals surface area contributed by atoms with Crippen LogP contribution < -0.4 is 10.6 Å². The Bertz CT molecular complexity index is 575. The largest absolute Gasteiger partial charge is 0.354 e. The maximum atomic E-state index is 5.94. The van der Waals surface area contributed by atoms with E-state index in [1.165, 1.54) is 0 Å². The number of hydrogen-bond donors (Lipinski definition) is 1. The van der Waals surface area contributed by atoms with Crippen molar-refractivity contribution in [2.24, 2.45) is 11.7 Å². The number of pyridine rings is 1. The van der Waals surface area contributed by atoms with Crippen molar-refractivity contribution >= 4 is 16.7 Å². The van der Waals surface area contributed by atoms with Crippen LogP contribution in [0.15, 0.2) is 30.3 Å². The van der Waals surface area contributed by atoms with Crippen LogP contribution in [0.1, 0.15) is 33.3 Å². The molecule has 0 aliphatic rings. The van der Waals surface area contributed by atoms with Gasteiger partial charge in [-0.25, -0.2) is 4.98 Å². The van der Waals surface area contributed by atoms with Gasteiger partial charge in [-0.1, -0.05) is 32.0 Å². The minimum absolute atomic E-state index is 0.413. The molecule has 0 bridgehead atoms. The van der Waals surface area contributed by atoms with Gasteiger partial charge in [-0.3, -0.25) is 0 Å². The first-order valence-electron chi connectivity index (χ1n) is 7.38. The van der Waals surface area contributed by atoms with Crippen molar-refractivity contribution in [1.82, 2.24) is 4.98 Å². The van der Waals surface area contributed by atoms with E-state index in [-0.39, 0.29) is 0 Å². The van der Waals surface area contributed by atoms with Gasteiger partial charge >= 0.3 is 0 Å². The summed E-state index contributed by atoms with van der Waals surface area (Å²) < 4.78 is 0. The summed E-state index contributed by atoms with van der Waals surface area (Å²) in [5, 5.41) is 1.16. The zero-order valence-corrected chi connectivity index (χ0v) is 12.9. The Labute approximate surface area is 121 Å². The van der Waals surface area contributed by atoms with Crippen LogP contribution in [0.5, 0.6) is 0 Å². The Morgan fingerprint density at radius 3 is 2.45 bits per heavy atom. The molecule has 1 aromatic heterocycles. The third-order valence-corrected chi connectivity index (χ3v) is 3.46. The molecular formula is C17H25N3. The van der Waals surface area contributed by atoms with E-state index < -0.39 is 0 Å². The van der Waals surface area contributed by atoms with E-state index >= 15 is 0 Å². The van der Waals surface area contributed by atoms with Gasteiger partial charge in [0.25, 0.3) is 0 Å². The maximum Gasteiger partial charge on any atom is 0.134 e. The molecule has 3 heteroatoms. The molecule has 20 heavy (non-hydrogen) atoms.